The molecule has 4 aromatic rings. The quantitative estimate of drug-likeness (QED) is 0.235. The Kier molecular flexibility index (Phi) is 9.71. The molecule has 1 saturated heterocycles. The molecule has 44 heavy (non-hydrogen) atoms. The normalized spacial score (nSPS) is 13.3. The van der Waals surface area contributed by atoms with E-state index < -0.39 is 17.3 Å². The van der Waals surface area contributed by atoms with Gasteiger partial charge >= 0.3 is 5.69 Å². The first-order valence-corrected chi connectivity index (χ1v) is 14.7. The van der Waals surface area contributed by atoms with Crippen LogP contribution in [0.1, 0.15) is 64.8 Å². The molecule has 10 nitrogen and oxygen atoms in total. The number of nitrogens with two attached hydrogens (primary N) is 1. The average molecular weight is 605 g/mol. The van der Waals surface area contributed by atoms with E-state index in [1.54, 1.807) is 4.90 Å². The van der Waals surface area contributed by atoms with Crippen molar-refractivity contribution in [2.24, 2.45) is 0 Å². The highest BCUT2D eigenvalue weighted by molar-refractivity contribution is 5.92. The number of carbonyl (C=O) groups excluding carboxylic acids is 1. The van der Waals surface area contributed by atoms with E-state index in [1.165, 1.54) is 41.2 Å². The van der Waals surface area contributed by atoms with Gasteiger partial charge in [0.25, 0.3) is 0 Å². The van der Waals surface area contributed by atoms with Gasteiger partial charge in [0, 0.05) is 31.9 Å². The maximum Gasteiger partial charge on any atom is 0.355 e. The highest BCUT2D eigenvalue weighted by atomic mass is 19.1. The molecule has 0 spiro atoms. The summed E-state index contributed by atoms with van der Waals surface area (Å²) in [5.74, 6) is -1.79. The fraction of sp³-hybridized carbons (Fsp3) is 0.375. The number of carbonyl (C=O) groups is 1. The highest BCUT2D eigenvalue weighted by Crippen LogP contribution is 2.35. The summed E-state index contributed by atoms with van der Waals surface area (Å²) in [7, 11) is 0. The third-order valence-electron chi connectivity index (χ3n) is 7.35. The summed E-state index contributed by atoms with van der Waals surface area (Å²) in [5.41, 5.74) is 6.50. The van der Waals surface area contributed by atoms with Crippen LogP contribution in [0.4, 0.5) is 20.3 Å². The van der Waals surface area contributed by atoms with Crippen molar-refractivity contribution in [3.63, 3.8) is 0 Å². The first-order valence-electron chi connectivity index (χ1n) is 14.7. The van der Waals surface area contributed by atoms with Gasteiger partial charge in [-0.05, 0) is 36.1 Å². The number of halogens is 2. The summed E-state index contributed by atoms with van der Waals surface area (Å²) in [4.78, 5) is 47.5. The summed E-state index contributed by atoms with van der Waals surface area (Å²) in [6.07, 6.45) is 2.70. The van der Waals surface area contributed by atoms with E-state index in [2.05, 4.69) is 26.5 Å². The van der Waals surface area contributed by atoms with Crippen LogP contribution in [0.25, 0.3) is 28.0 Å². The lowest BCUT2D eigenvalue weighted by Crippen LogP contribution is -2.49. The second kappa shape index (κ2) is 13.3. The summed E-state index contributed by atoms with van der Waals surface area (Å²) >= 11 is 0. The molecule has 1 aliphatic heterocycles. The van der Waals surface area contributed by atoms with Crippen LogP contribution in [0.15, 0.2) is 48.0 Å². The molecule has 4 heterocycles. The topological polar surface area (TPSA) is 123 Å². The molecule has 0 unspecified atom stereocenters. The van der Waals surface area contributed by atoms with Gasteiger partial charge in [0.1, 0.15) is 23.7 Å². The Morgan fingerprint density at radius 2 is 1.59 bits per heavy atom. The van der Waals surface area contributed by atoms with E-state index in [0.29, 0.717) is 43.3 Å². The summed E-state index contributed by atoms with van der Waals surface area (Å²) in [5, 5.41) is 0.238. The summed E-state index contributed by atoms with van der Waals surface area (Å²) in [6.45, 7) is 16.7. The number of piperazine rings is 1. The van der Waals surface area contributed by atoms with Gasteiger partial charge in [-0.15, -0.1) is 0 Å². The lowest BCUT2D eigenvalue weighted by Gasteiger charge is -2.35. The van der Waals surface area contributed by atoms with Crippen molar-refractivity contribution in [2.75, 3.05) is 36.8 Å². The Labute approximate surface area is 255 Å². The van der Waals surface area contributed by atoms with E-state index >= 15 is 8.78 Å². The van der Waals surface area contributed by atoms with Crippen molar-refractivity contribution >= 4 is 28.4 Å². The van der Waals surface area contributed by atoms with Crippen LogP contribution >= 0.6 is 0 Å². The van der Waals surface area contributed by atoms with Gasteiger partial charge in [0.15, 0.2) is 11.5 Å². The average Bonchev–Trinajstić information content (AvgIpc) is 3.01. The van der Waals surface area contributed by atoms with Crippen LogP contribution in [0.2, 0.25) is 0 Å². The number of rotatable bonds is 6. The highest BCUT2D eigenvalue weighted by Gasteiger charge is 2.29. The Morgan fingerprint density at radius 1 is 0.977 bits per heavy atom. The van der Waals surface area contributed by atoms with Crippen molar-refractivity contribution < 1.29 is 13.6 Å². The molecule has 12 heteroatoms. The summed E-state index contributed by atoms with van der Waals surface area (Å²) in [6, 6.07) is 5.26. The lowest BCUT2D eigenvalue weighted by molar-refractivity contribution is -0.126. The predicted molar refractivity (Wildman–Crippen MR) is 169 cm³/mol. The molecule has 0 bridgehead atoms. The maximum absolute atomic E-state index is 15.9. The Balaban J connectivity index is 0.00000216. The molecule has 0 saturated carbocycles. The number of benzene rings is 1. The molecule has 2 N–H and O–H groups in total. The number of fused-ring (bicyclic) bond motifs is 1. The van der Waals surface area contributed by atoms with E-state index in [4.69, 9.17) is 5.73 Å². The Hall–Kier alpha value is -4.74. The van der Waals surface area contributed by atoms with Gasteiger partial charge in [-0.3, -0.25) is 4.79 Å². The zero-order chi connectivity index (χ0) is 32.3. The van der Waals surface area contributed by atoms with Gasteiger partial charge in [-0.25, -0.2) is 33.1 Å². The molecule has 232 valence electrons. The molecule has 0 atom stereocenters. The predicted octanol–water partition coefficient (Wildman–Crippen LogP) is 5.21. The Bertz CT molecular complexity index is 1720. The zero-order valence-electron chi connectivity index (χ0n) is 25.9. The maximum atomic E-state index is 15.9. The van der Waals surface area contributed by atoms with Gasteiger partial charge < -0.3 is 15.5 Å². The largest absolute Gasteiger partial charge is 0.398 e. The van der Waals surface area contributed by atoms with E-state index in [9.17, 15) is 9.59 Å². The number of anilines is 2. The number of nitrogens with zero attached hydrogens (tertiary/aromatic N) is 7. The molecule has 0 aliphatic carbocycles. The fourth-order valence-electron chi connectivity index (χ4n) is 5.26. The van der Waals surface area contributed by atoms with Crippen molar-refractivity contribution in [3.8, 4) is 16.9 Å². The minimum absolute atomic E-state index is 0.000664. The number of hydrogen-bond donors (Lipinski definition) is 1. The van der Waals surface area contributed by atoms with Crippen LogP contribution in [0.3, 0.4) is 0 Å². The van der Waals surface area contributed by atoms with Gasteiger partial charge in [0.05, 0.1) is 28.0 Å². The first-order chi connectivity index (χ1) is 21.0. The number of hydrogen-bond acceptors (Lipinski definition) is 8. The lowest BCUT2D eigenvalue weighted by atomic mass is 10.0. The van der Waals surface area contributed by atoms with Crippen LogP contribution in [0, 0.1) is 11.6 Å². The fourth-order valence-corrected chi connectivity index (χ4v) is 5.26. The molecule has 1 aromatic carbocycles. The van der Waals surface area contributed by atoms with E-state index in [0.717, 1.165) is 0 Å². The second-order valence-corrected chi connectivity index (χ2v) is 10.8. The van der Waals surface area contributed by atoms with Crippen molar-refractivity contribution in [1.29, 1.82) is 0 Å². The van der Waals surface area contributed by atoms with Crippen molar-refractivity contribution in [1.82, 2.24) is 29.4 Å². The monoisotopic (exact) mass is 604 g/mol. The third-order valence-corrected chi connectivity index (χ3v) is 7.35. The summed E-state index contributed by atoms with van der Waals surface area (Å²) < 4.78 is 32.2. The molecule has 1 fully saturated rings. The smallest absolute Gasteiger partial charge is 0.355 e. The molecule has 3 aromatic heterocycles. The number of aromatic nitrogens is 5. The number of amides is 1. The van der Waals surface area contributed by atoms with Crippen LogP contribution < -0.4 is 16.3 Å². The van der Waals surface area contributed by atoms with E-state index in [1.807, 2.05) is 46.4 Å². The van der Waals surface area contributed by atoms with Crippen molar-refractivity contribution in [2.45, 2.75) is 53.4 Å². The molecule has 5 rings (SSSR count). The second-order valence-electron chi connectivity index (χ2n) is 10.8. The molecule has 1 amide bonds. The zero-order valence-corrected chi connectivity index (χ0v) is 25.9. The number of nitrogen functional groups attached to an aromatic ring is 1. The first kappa shape index (κ1) is 32.2. The minimum atomic E-state index is -0.828. The molecule has 1 aliphatic rings. The standard InChI is InChI=1S/C30H32F2N8O2.C2H6/c1-6-22(41)38-10-12-39(13-11-38)28-18-14-20(32)26(23-19(31)8-7-9-21(23)33)36-29(18)40(30(42)37-28)27-24(16(2)3)34-15-35-25(27)17(4)5;1-2/h6-9,14-17H,1,10-13,33H2,2-5H3;1-2H3. The van der Waals surface area contributed by atoms with Crippen molar-refractivity contribution in [3.05, 3.63) is 76.8 Å². The third kappa shape index (κ3) is 5.88. The molecule has 0 radical (unpaired) electrons. The van der Waals surface area contributed by atoms with E-state index in [-0.39, 0.29) is 51.5 Å². The van der Waals surface area contributed by atoms with Crippen LogP contribution in [-0.4, -0.2) is 61.5 Å². The van der Waals surface area contributed by atoms with Gasteiger partial charge in [-0.1, -0.05) is 54.2 Å². The molecular formula is C32H38F2N8O2. The van der Waals surface area contributed by atoms with Crippen LogP contribution in [0.5, 0.6) is 0 Å². The molecular weight excluding hydrogens is 566 g/mol. The number of pyridine rings is 1. The Morgan fingerprint density at radius 3 is 2.14 bits per heavy atom. The minimum Gasteiger partial charge on any atom is -0.398 e. The van der Waals surface area contributed by atoms with Gasteiger partial charge in [0.2, 0.25) is 5.91 Å². The van der Waals surface area contributed by atoms with Gasteiger partial charge in [-0.2, -0.15) is 4.98 Å². The SMILES string of the molecule is C=CC(=O)N1CCN(c2nc(=O)n(-c3c(C(C)C)ncnc3C(C)C)c3nc(-c4c(N)cccc4F)c(F)cc23)CC1.CC. The van der Waals surface area contributed by atoms with Crippen LogP contribution in [-0.2, 0) is 4.79 Å².